The van der Waals surface area contributed by atoms with Crippen molar-refractivity contribution in [2.75, 3.05) is 13.2 Å². The first-order valence-electron chi connectivity index (χ1n) is 33.2. The number of allylic oxidation sites excluding steroid dienone is 6. The van der Waals surface area contributed by atoms with Gasteiger partial charge >= 0.3 is 5.97 Å². The van der Waals surface area contributed by atoms with Gasteiger partial charge in [-0.25, -0.2) is 0 Å². The van der Waals surface area contributed by atoms with Gasteiger partial charge in [-0.05, 0) is 83.5 Å². The number of nitrogens with one attached hydrogen (secondary N) is 1. The lowest BCUT2D eigenvalue weighted by molar-refractivity contribution is -0.143. The number of carbonyl (C=O) groups excluding carboxylic acids is 2. The summed E-state index contributed by atoms with van der Waals surface area (Å²) in [5.41, 5.74) is 0. The largest absolute Gasteiger partial charge is 0.466 e. The summed E-state index contributed by atoms with van der Waals surface area (Å²) in [4.78, 5) is 24.5. The molecule has 436 valence electrons. The Morgan fingerprint density at radius 1 is 0.378 bits per heavy atom. The van der Waals surface area contributed by atoms with Crippen LogP contribution in [0.15, 0.2) is 36.5 Å². The molecule has 6 nitrogen and oxygen atoms in total. The smallest absolute Gasteiger partial charge is 0.305 e. The minimum absolute atomic E-state index is 0.00884. The van der Waals surface area contributed by atoms with Gasteiger partial charge in [0.15, 0.2) is 0 Å². The number of carbonyl (C=O) groups is 2. The fourth-order valence-corrected chi connectivity index (χ4v) is 10.3. The normalized spacial score (nSPS) is 12.8. The topological polar surface area (TPSA) is 95.9 Å². The molecular formula is C68H129NO5. The van der Waals surface area contributed by atoms with Crippen molar-refractivity contribution in [2.24, 2.45) is 0 Å². The van der Waals surface area contributed by atoms with Gasteiger partial charge in [0.05, 0.1) is 25.4 Å². The lowest BCUT2D eigenvalue weighted by atomic mass is 10.0. The maximum Gasteiger partial charge on any atom is 0.305 e. The summed E-state index contributed by atoms with van der Waals surface area (Å²) in [5, 5.41) is 23.2. The number of aliphatic hydroxyl groups is 2. The average molecular weight is 1040 g/mol. The molecule has 0 saturated heterocycles. The van der Waals surface area contributed by atoms with Crippen LogP contribution in [0.1, 0.15) is 361 Å². The highest BCUT2D eigenvalue weighted by Crippen LogP contribution is 2.18. The van der Waals surface area contributed by atoms with Gasteiger partial charge in [-0.1, -0.05) is 301 Å². The molecule has 0 aromatic heterocycles. The van der Waals surface area contributed by atoms with E-state index in [1.54, 1.807) is 0 Å². The quantitative estimate of drug-likeness (QED) is 0.0320. The van der Waals surface area contributed by atoms with Crippen LogP contribution < -0.4 is 5.32 Å². The molecule has 0 aliphatic heterocycles. The van der Waals surface area contributed by atoms with Crippen LogP contribution in [0.25, 0.3) is 0 Å². The number of rotatable bonds is 62. The van der Waals surface area contributed by atoms with Crippen molar-refractivity contribution in [1.29, 1.82) is 0 Å². The first kappa shape index (κ1) is 72.1. The second-order valence-corrected chi connectivity index (χ2v) is 22.8. The first-order valence-corrected chi connectivity index (χ1v) is 33.2. The van der Waals surface area contributed by atoms with E-state index in [2.05, 4.69) is 55.6 Å². The molecule has 0 aromatic carbocycles. The minimum Gasteiger partial charge on any atom is -0.466 e. The van der Waals surface area contributed by atoms with E-state index in [0.717, 1.165) is 51.4 Å². The van der Waals surface area contributed by atoms with Crippen molar-refractivity contribution in [2.45, 2.75) is 373 Å². The van der Waals surface area contributed by atoms with Crippen LogP contribution >= 0.6 is 0 Å². The van der Waals surface area contributed by atoms with Crippen molar-refractivity contribution in [3.05, 3.63) is 36.5 Å². The van der Waals surface area contributed by atoms with Gasteiger partial charge in [0.1, 0.15) is 0 Å². The first-order chi connectivity index (χ1) is 36.5. The molecule has 3 N–H and O–H groups in total. The lowest BCUT2D eigenvalue weighted by Gasteiger charge is -2.22. The number of hydrogen-bond acceptors (Lipinski definition) is 5. The maximum atomic E-state index is 12.5. The van der Waals surface area contributed by atoms with Crippen LogP contribution in [0.4, 0.5) is 0 Å². The molecule has 0 bridgehead atoms. The summed E-state index contributed by atoms with van der Waals surface area (Å²) in [6.07, 6.45) is 80.4. The Balaban J connectivity index is 3.35. The van der Waals surface area contributed by atoms with Crippen molar-refractivity contribution >= 4 is 11.9 Å². The van der Waals surface area contributed by atoms with E-state index in [-0.39, 0.29) is 18.5 Å². The third-order valence-electron chi connectivity index (χ3n) is 15.4. The van der Waals surface area contributed by atoms with E-state index in [4.69, 9.17) is 4.74 Å². The van der Waals surface area contributed by atoms with Crippen LogP contribution in [-0.2, 0) is 14.3 Å². The Kier molecular flexibility index (Phi) is 62.0. The Labute approximate surface area is 462 Å². The molecule has 1 amide bonds. The van der Waals surface area contributed by atoms with E-state index in [1.165, 1.54) is 276 Å². The summed E-state index contributed by atoms with van der Waals surface area (Å²) in [6, 6.07) is -0.539. The maximum absolute atomic E-state index is 12.5. The molecule has 2 unspecified atom stereocenters. The Hall–Kier alpha value is -1.92. The Bertz CT molecular complexity index is 1200. The second kappa shape index (κ2) is 63.6. The average Bonchev–Trinajstić information content (AvgIpc) is 3.40. The van der Waals surface area contributed by atoms with Gasteiger partial charge in [-0.2, -0.15) is 0 Å². The molecule has 6 heteroatoms. The summed E-state index contributed by atoms with van der Waals surface area (Å²) >= 11 is 0. The zero-order valence-corrected chi connectivity index (χ0v) is 49.8. The molecule has 0 spiro atoms. The fraction of sp³-hybridized carbons (Fsp3) is 0.882. The predicted octanol–water partition coefficient (Wildman–Crippen LogP) is 21.1. The highest BCUT2D eigenvalue weighted by Gasteiger charge is 2.20. The zero-order valence-electron chi connectivity index (χ0n) is 49.8. The van der Waals surface area contributed by atoms with Crippen LogP contribution in [0.3, 0.4) is 0 Å². The van der Waals surface area contributed by atoms with E-state index in [9.17, 15) is 19.8 Å². The highest BCUT2D eigenvalue weighted by molar-refractivity contribution is 5.76. The van der Waals surface area contributed by atoms with E-state index in [1.807, 2.05) is 0 Å². The second-order valence-electron chi connectivity index (χ2n) is 22.8. The third kappa shape index (κ3) is 59.3. The van der Waals surface area contributed by atoms with Crippen molar-refractivity contribution in [3.63, 3.8) is 0 Å². The lowest BCUT2D eigenvalue weighted by Crippen LogP contribution is -2.45. The van der Waals surface area contributed by atoms with Gasteiger partial charge in [-0.3, -0.25) is 9.59 Å². The number of ether oxygens (including phenoxy) is 1. The molecular weight excluding hydrogens is 911 g/mol. The number of esters is 1. The van der Waals surface area contributed by atoms with Crippen molar-refractivity contribution < 1.29 is 24.5 Å². The zero-order chi connectivity index (χ0) is 53.6. The predicted molar refractivity (Wildman–Crippen MR) is 324 cm³/mol. The molecule has 2 atom stereocenters. The SMILES string of the molecule is CCCCC/C=C\C/C=C\CCCCCCCCCC(=O)OCCCCCCCCCCCCCC/C=C\CCCCCCCCCCCCCCCC(=O)NC(CO)C(O)CCCCCCCCCCCCC. The Morgan fingerprint density at radius 3 is 1.07 bits per heavy atom. The summed E-state index contributed by atoms with van der Waals surface area (Å²) in [7, 11) is 0. The molecule has 0 aliphatic rings. The van der Waals surface area contributed by atoms with E-state index in [0.29, 0.717) is 25.9 Å². The number of aliphatic hydroxyl groups excluding tert-OH is 2. The van der Waals surface area contributed by atoms with Crippen LogP contribution in [0.2, 0.25) is 0 Å². The van der Waals surface area contributed by atoms with Crippen LogP contribution in [0.5, 0.6) is 0 Å². The van der Waals surface area contributed by atoms with E-state index < -0.39 is 12.1 Å². The molecule has 0 saturated carbocycles. The van der Waals surface area contributed by atoms with Crippen LogP contribution in [-0.4, -0.2) is 47.4 Å². The monoisotopic (exact) mass is 1040 g/mol. The molecule has 0 aliphatic carbocycles. The van der Waals surface area contributed by atoms with Gasteiger partial charge in [-0.15, -0.1) is 0 Å². The number of unbranched alkanes of at least 4 members (excludes halogenated alkanes) is 45. The van der Waals surface area contributed by atoms with Gasteiger partial charge in [0.2, 0.25) is 5.91 Å². The van der Waals surface area contributed by atoms with Crippen molar-refractivity contribution in [3.8, 4) is 0 Å². The molecule has 0 radical (unpaired) electrons. The molecule has 74 heavy (non-hydrogen) atoms. The van der Waals surface area contributed by atoms with Gasteiger partial charge in [0.25, 0.3) is 0 Å². The summed E-state index contributed by atoms with van der Waals surface area (Å²) in [6.45, 7) is 4.93. The van der Waals surface area contributed by atoms with Gasteiger partial charge in [0, 0.05) is 12.8 Å². The van der Waals surface area contributed by atoms with Crippen LogP contribution in [0, 0.1) is 0 Å². The summed E-state index contributed by atoms with van der Waals surface area (Å²) in [5.74, 6) is -0.0253. The van der Waals surface area contributed by atoms with Crippen molar-refractivity contribution in [1.82, 2.24) is 5.32 Å². The Morgan fingerprint density at radius 2 is 0.676 bits per heavy atom. The minimum atomic E-state index is -0.662. The third-order valence-corrected chi connectivity index (χ3v) is 15.4. The molecule has 0 fully saturated rings. The van der Waals surface area contributed by atoms with Gasteiger partial charge < -0.3 is 20.3 Å². The molecule has 0 rings (SSSR count). The molecule has 0 heterocycles. The standard InChI is InChI=1S/C68H129NO5/c1-3-5-7-9-11-13-15-16-17-31-35-38-42-46-50-54-58-62-68(73)74-63-59-55-51-47-43-39-36-33-30-28-26-24-22-20-18-19-21-23-25-27-29-32-34-37-41-45-49-53-57-61-67(72)69-65(64-70)66(71)60-56-52-48-44-40-14-12-10-8-6-4-2/h11,13,16-18,20,65-66,70-71H,3-10,12,14-15,19,21-64H2,1-2H3,(H,69,72)/b13-11-,17-16-,20-18-. The highest BCUT2D eigenvalue weighted by atomic mass is 16.5. The van der Waals surface area contributed by atoms with E-state index >= 15 is 0 Å². The number of amides is 1. The number of hydrogen-bond donors (Lipinski definition) is 3. The summed E-state index contributed by atoms with van der Waals surface area (Å²) < 4.78 is 5.49. The molecule has 0 aromatic rings. The fourth-order valence-electron chi connectivity index (χ4n) is 10.3.